The Hall–Kier alpha value is -2.66. The first-order valence-electron chi connectivity index (χ1n) is 7.57. The van der Waals surface area contributed by atoms with E-state index in [1.807, 2.05) is 30.3 Å². The Balaban J connectivity index is 1.69. The van der Waals surface area contributed by atoms with Crippen LogP contribution < -0.4 is 4.90 Å². The fraction of sp³-hybridized carbons (Fsp3) is 0.167. The van der Waals surface area contributed by atoms with E-state index in [0.717, 1.165) is 5.56 Å². The number of halogens is 1. The van der Waals surface area contributed by atoms with Gasteiger partial charge in [-0.2, -0.15) is 0 Å². The van der Waals surface area contributed by atoms with Crippen LogP contribution in [0.2, 0.25) is 0 Å². The smallest absolute Gasteiger partial charge is 0.227 e. The molecule has 1 amide bonds. The SMILES string of the molecule is O=C(Cl)C1CC(=O)N(c2ccc3oc(-c4ccccc4)nc3c2)C1. The van der Waals surface area contributed by atoms with Gasteiger partial charge in [0.05, 0.1) is 5.92 Å². The highest BCUT2D eigenvalue weighted by Crippen LogP contribution is 2.31. The van der Waals surface area contributed by atoms with Crippen molar-refractivity contribution in [2.24, 2.45) is 5.92 Å². The number of hydrogen-bond donors (Lipinski definition) is 0. The van der Waals surface area contributed by atoms with Crippen molar-refractivity contribution in [2.75, 3.05) is 11.4 Å². The van der Waals surface area contributed by atoms with Crippen LogP contribution in [0.1, 0.15) is 6.42 Å². The summed E-state index contributed by atoms with van der Waals surface area (Å²) in [5.74, 6) is -0.0310. The molecule has 0 saturated carbocycles. The molecule has 1 atom stereocenters. The topological polar surface area (TPSA) is 63.4 Å². The van der Waals surface area contributed by atoms with Crippen molar-refractivity contribution in [3.05, 3.63) is 48.5 Å². The van der Waals surface area contributed by atoms with Crippen molar-refractivity contribution in [3.8, 4) is 11.5 Å². The summed E-state index contributed by atoms with van der Waals surface area (Å²) in [6.45, 7) is 0.302. The second kappa shape index (κ2) is 5.76. The molecular formula is C18H13ClN2O3. The van der Waals surface area contributed by atoms with Crippen LogP contribution in [-0.2, 0) is 9.59 Å². The summed E-state index contributed by atoms with van der Waals surface area (Å²) < 4.78 is 5.77. The first kappa shape index (κ1) is 14.9. The zero-order valence-electron chi connectivity index (χ0n) is 12.6. The predicted octanol–water partition coefficient (Wildman–Crippen LogP) is 3.61. The Kier molecular flexibility index (Phi) is 3.58. The number of carbonyl (C=O) groups is 2. The molecule has 0 aliphatic carbocycles. The lowest BCUT2D eigenvalue weighted by Gasteiger charge is -2.15. The first-order valence-corrected chi connectivity index (χ1v) is 7.95. The number of rotatable bonds is 3. The highest BCUT2D eigenvalue weighted by molar-refractivity contribution is 6.64. The monoisotopic (exact) mass is 340 g/mol. The van der Waals surface area contributed by atoms with Crippen molar-refractivity contribution >= 4 is 39.5 Å². The molecule has 3 aromatic rings. The summed E-state index contributed by atoms with van der Waals surface area (Å²) in [7, 11) is 0. The third-order valence-electron chi connectivity index (χ3n) is 4.15. The molecule has 1 saturated heterocycles. The third kappa shape index (κ3) is 2.57. The maximum Gasteiger partial charge on any atom is 0.227 e. The van der Waals surface area contributed by atoms with Gasteiger partial charge in [-0.1, -0.05) is 18.2 Å². The van der Waals surface area contributed by atoms with Crippen molar-refractivity contribution in [1.82, 2.24) is 4.98 Å². The summed E-state index contributed by atoms with van der Waals surface area (Å²) in [4.78, 5) is 29.5. The molecule has 24 heavy (non-hydrogen) atoms. The lowest BCUT2D eigenvalue weighted by Crippen LogP contribution is -2.25. The lowest BCUT2D eigenvalue weighted by molar-refractivity contribution is -0.120. The van der Waals surface area contributed by atoms with Crippen LogP contribution in [0.3, 0.4) is 0 Å². The van der Waals surface area contributed by atoms with Gasteiger partial charge in [0, 0.05) is 24.2 Å². The van der Waals surface area contributed by atoms with E-state index < -0.39 is 11.2 Å². The highest BCUT2D eigenvalue weighted by Gasteiger charge is 2.34. The number of hydrogen-bond acceptors (Lipinski definition) is 4. The molecule has 0 spiro atoms. The number of fused-ring (bicyclic) bond motifs is 1. The molecular weight excluding hydrogens is 328 g/mol. The van der Waals surface area contributed by atoms with Crippen LogP contribution in [0.5, 0.6) is 0 Å². The molecule has 4 rings (SSSR count). The maximum absolute atomic E-state index is 12.1. The molecule has 1 aliphatic rings. The number of nitrogens with zero attached hydrogens (tertiary/aromatic N) is 2. The molecule has 0 radical (unpaired) electrons. The number of amides is 1. The number of aromatic nitrogens is 1. The zero-order valence-corrected chi connectivity index (χ0v) is 13.4. The van der Waals surface area contributed by atoms with Gasteiger partial charge in [-0.25, -0.2) is 4.98 Å². The van der Waals surface area contributed by atoms with E-state index in [1.54, 1.807) is 23.1 Å². The van der Waals surface area contributed by atoms with Crippen LogP contribution in [-0.4, -0.2) is 22.7 Å². The molecule has 2 aromatic carbocycles. The number of benzene rings is 2. The summed E-state index contributed by atoms with van der Waals surface area (Å²) in [5.41, 5.74) is 2.90. The molecule has 1 aromatic heterocycles. The van der Waals surface area contributed by atoms with Gasteiger partial charge in [0.15, 0.2) is 5.58 Å². The second-order valence-electron chi connectivity index (χ2n) is 5.75. The molecule has 0 bridgehead atoms. The molecule has 120 valence electrons. The van der Waals surface area contributed by atoms with Gasteiger partial charge in [0.2, 0.25) is 17.0 Å². The van der Waals surface area contributed by atoms with Crippen LogP contribution in [0.4, 0.5) is 5.69 Å². The van der Waals surface area contributed by atoms with E-state index >= 15 is 0 Å². The van der Waals surface area contributed by atoms with E-state index in [0.29, 0.717) is 29.2 Å². The van der Waals surface area contributed by atoms with E-state index in [-0.39, 0.29) is 12.3 Å². The number of oxazole rings is 1. The molecule has 2 heterocycles. The fourth-order valence-corrected chi connectivity index (χ4v) is 3.04. The van der Waals surface area contributed by atoms with E-state index in [2.05, 4.69) is 4.98 Å². The van der Waals surface area contributed by atoms with Crippen LogP contribution in [0, 0.1) is 5.92 Å². The van der Waals surface area contributed by atoms with Gasteiger partial charge in [0.25, 0.3) is 0 Å². The minimum atomic E-state index is -0.472. The van der Waals surface area contributed by atoms with E-state index in [1.165, 1.54) is 0 Å². The van der Waals surface area contributed by atoms with E-state index in [4.69, 9.17) is 16.0 Å². The summed E-state index contributed by atoms with van der Waals surface area (Å²) in [6, 6.07) is 15.0. The summed E-state index contributed by atoms with van der Waals surface area (Å²) in [6.07, 6.45) is 0.147. The Labute approximate surface area is 142 Å². The number of carbonyl (C=O) groups excluding carboxylic acids is 2. The summed E-state index contributed by atoms with van der Waals surface area (Å²) >= 11 is 5.52. The van der Waals surface area contributed by atoms with Gasteiger partial charge < -0.3 is 9.32 Å². The minimum absolute atomic E-state index is 0.111. The van der Waals surface area contributed by atoms with Crippen molar-refractivity contribution in [3.63, 3.8) is 0 Å². The molecule has 5 nitrogen and oxygen atoms in total. The molecule has 6 heteroatoms. The normalized spacial score (nSPS) is 17.6. The second-order valence-corrected chi connectivity index (χ2v) is 6.12. The Morgan fingerprint density at radius 2 is 2.00 bits per heavy atom. The van der Waals surface area contributed by atoms with Gasteiger partial charge in [0.1, 0.15) is 5.52 Å². The largest absolute Gasteiger partial charge is 0.436 e. The third-order valence-corrected chi connectivity index (χ3v) is 4.46. The van der Waals surface area contributed by atoms with Crippen molar-refractivity contribution in [1.29, 1.82) is 0 Å². The first-order chi connectivity index (χ1) is 11.6. The molecule has 1 fully saturated rings. The van der Waals surface area contributed by atoms with E-state index in [9.17, 15) is 9.59 Å². The Bertz CT molecular complexity index is 936. The van der Waals surface area contributed by atoms with Crippen LogP contribution in [0.15, 0.2) is 52.9 Å². The molecule has 1 unspecified atom stereocenters. The quantitative estimate of drug-likeness (QED) is 0.683. The standard InChI is InChI=1S/C18H13ClN2O3/c19-17(23)12-8-16(22)21(10-12)13-6-7-15-14(9-13)20-18(24-15)11-4-2-1-3-5-11/h1-7,9,12H,8,10H2. The molecule has 0 N–H and O–H groups in total. The van der Waals surface area contributed by atoms with Crippen molar-refractivity contribution in [2.45, 2.75) is 6.42 Å². The van der Waals surface area contributed by atoms with Gasteiger partial charge in [-0.15, -0.1) is 0 Å². The average Bonchev–Trinajstić information content (AvgIpc) is 3.18. The number of anilines is 1. The summed E-state index contributed by atoms with van der Waals surface area (Å²) in [5, 5.41) is -0.472. The van der Waals surface area contributed by atoms with Crippen LogP contribution in [0.25, 0.3) is 22.6 Å². The average molecular weight is 341 g/mol. The maximum atomic E-state index is 12.1. The fourth-order valence-electron chi connectivity index (χ4n) is 2.90. The highest BCUT2D eigenvalue weighted by atomic mass is 35.5. The minimum Gasteiger partial charge on any atom is -0.436 e. The van der Waals surface area contributed by atoms with Gasteiger partial charge >= 0.3 is 0 Å². The lowest BCUT2D eigenvalue weighted by atomic mass is 10.1. The van der Waals surface area contributed by atoms with Crippen LogP contribution >= 0.6 is 11.6 Å². The van der Waals surface area contributed by atoms with Crippen molar-refractivity contribution < 1.29 is 14.0 Å². The molecule has 1 aliphatic heterocycles. The van der Waals surface area contributed by atoms with Gasteiger partial charge in [-0.3, -0.25) is 9.59 Å². The predicted molar refractivity (Wildman–Crippen MR) is 90.8 cm³/mol. The zero-order chi connectivity index (χ0) is 16.7. The van der Waals surface area contributed by atoms with Gasteiger partial charge in [-0.05, 0) is 41.9 Å². The Morgan fingerprint density at radius 3 is 2.71 bits per heavy atom. The Morgan fingerprint density at radius 1 is 1.21 bits per heavy atom.